The maximum Gasteiger partial charge on any atom is 0.431 e. The zero-order valence-corrected chi connectivity index (χ0v) is 19.0. The minimum atomic E-state index is -4.97. The molecule has 0 N–H and O–H groups in total. The molecule has 2 aromatic heterocycles. The van der Waals surface area contributed by atoms with Gasteiger partial charge in [0.2, 0.25) is 0 Å². The van der Waals surface area contributed by atoms with E-state index >= 15 is 0 Å². The van der Waals surface area contributed by atoms with Crippen LogP contribution >= 0.6 is 0 Å². The Kier molecular flexibility index (Phi) is 6.12. The van der Waals surface area contributed by atoms with Crippen molar-refractivity contribution in [1.29, 1.82) is 0 Å². The van der Waals surface area contributed by atoms with Crippen molar-refractivity contribution in [3.8, 4) is 17.1 Å². The summed E-state index contributed by atoms with van der Waals surface area (Å²) in [5.74, 6) is -1.54. The standard InChI is InChI=1S/C22H17F4N5O5/c1-11-4-5-17(36-10-20(33)35-3)16(6-11)31-15-8-14(12(23)7-13(15)27-28-31)30-19(32)9-18(22(24,25)26)29(2)21(30)34/h4-9H,10H2,1-3H3. The number of esters is 1. The normalized spacial score (nSPS) is 11.6. The number of carbonyl (C=O) groups is 1. The van der Waals surface area contributed by atoms with Gasteiger partial charge < -0.3 is 9.47 Å². The third-order valence-corrected chi connectivity index (χ3v) is 5.28. The molecule has 0 atom stereocenters. The number of aromatic nitrogens is 5. The highest BCUT2D eigenvalue weighted by Crippen LogP contribution is 2.29. The van der Waals surface area contributed by atoms with Gasteiger partial charge in [0.1, 0.15) is 28.5 Å². The molecule has 2 aromatic carbocycles. The lowest BCUT2D eigenvalue weighted by atomic mass is 10.2. The topological polar surface area (TPSA) is 110 Å². The fraction of sp³-hybridized carbons (Fsp3) is 0.227. The average Bonchev–Trinajstić information content (AvgIpc) is 3.22. The van der Waals surface area contributed by atoms with Gasteiger partial charge in [-0.3, -0.25) is 9.36 Å². The van der Waals surface area contributed by atoms with Crippen LogP contribution in [0.25, 0.3) is 22.4 Å². The molecule has 0 radical (unpaired) electrons. The number of benzene rings is 2. The lowest BCUT2D eigenvalue weighted by Gasteiger charge is -2.15. The molecule has 2 heterocycles. The SMILES string of the molecule is COC(=O)COc1ccc(C)cc1-n1nnc2cc(F)c(-n3c(=O)cc(C(F)(F)F)n(C)c3=O)cc21. The van der Waals surface area contributed by atoms with E-state index in [1.807, 2.05) is 0 Å². The molecular weight excluding hydrogens is 490 g/mol. The number of fused-ring (bicyclic) bond motifs is 1. The van der Waals surface area contributed by atoms with Crippen molar-refractivity contribution in [3.63, 3.8) is 0 Å². The van der Waals surface area contributed by atoms with Crippen LogP contribution in [0, 0.1) is 12.7 Å². The third kappa shape index (κ3) is 4.32. The quantitative estimate of drug-likeness (QED) is 0.301. The van der Waals surface area contributed by atoms with Crippen LogP contribution in [0.2, 0.25) is 0 Å². The van der Waals surface area contributed by atoms with Crippen molar-refractivity contribution in [3.05, 3.63) is 74.3 Å². The molecule has 0 bridgehead atoms. The highest BCUT2D eigenvalue weighted by Gasteiger charge is 2.35. The summed E-state index contributed by atoms with van der Waals surface area (Å²) in [6.07, 6.45) is -4.97. The number of hydrogen-bond acceptors (Lipinski definition) is 7. The van der Waals surface area contributed by atoms with Gasteiger partial charge in [-0.15, -0.1) is 5.10 Å². The number of ether oxygens (including phenoxy) is 2. The van der Waals surface area contributed by atoms with Gasteiger partial charge in [-0.25, -0.2) is 23.2 Å². The summed E-state index contributed by atoms with van der Waals surface area (Å²) in [4.78, 5) is 36.7. The summed E-state index contributed by atoms with van der Waals surface area (Å²) in [6, 6.07) is 7.05. The van der Waals surface area contributed by atoms with E-state index in [0.29, 0.717) is 0 Å². The van der Waals surface area contributed by atoms with Crippen LogP contribution in [-0.4, -0.2) is 43.8 Å². The predicted octanol–water partition coefficient (Wildman–Crippen LogP) is 2.29. The molecule has 0 aliphatic rings. The first-order chi connectivity index (χ1) is 16.9. The summed E-state index contributed by atoms with van der Waals surface area (Å²) in [6.45, 7) is 1.35. The first-order valence-electron chi connectivity index (χ1n) is 10.2. The van der Waals surface area contributed by atoms with Gasteiger partial charge in [-0.05, 0) is 30.7 Å². The number of alkyl halides is 3. The maximum atomic E-state index is 15.0. The molecule has 0 amide bonds. The molecule has 0 saturated carbocycles. The molecule has 0 aliphatic heterocycles. The van der Waals surface area contributed by atoms with Gasteiger partial charge in [-0.2, -0.15) is 13.2 Å². The van der Waals surface area contributed by atoms with Crippen molar-refractivity contribution in [2.24, 2.45) is 7.05 Å². The molecule has 4 rings (SSSR count). The summed E-state index contributed by atoms with van der Waals surface area (Å²) in [5, 5.41) is 7.87. The van der Waals surface area contributed by atoms with E-state index in [1.165, 1.54) is 11.8 Å². The molecule has 14 heteroatoms. The number of nitrogens with zero attached hydrogens (tertiary/aromatic N) is 5. The van der Waals surface area contributed by atoms with Gasteiger partial charge in [0.15, 0.2) is 6.61 Å². The summed E-state index contributed by atoms with van der Waals surface area (Å²) in [7, 11) is 2.01. The van der Waals surface area contributed by atoms with Crippen molar-refractivity contribution >= 4 is 17.0 Å². The van der Waals surface area contributed by atoms with Crippen LogP contribution in [0.5, 0.6) is 5.75 Å². The fourth-order valence-electron chi connectivity index (χ4n) is 3.51. The lowest BCUT2D eigenvalue weighted by Crippen LogP contribution is -2.41. The maximum absolute atomic E-state index is 15.0. The number of carbonyl (C=O) groups excluding carboxylic acids is 1. The molecule has 0 aliphatic carbocycles. The van der Waals surface area contributed by atoms with E-state index in [0.717, 1.165) is 24.7 Å². The molecule has 0 unspecified atom stereocenters. The van der Waals surface area contributed by atoms with Crippen LogP contribution in [-0.2, 0) is 22.8 Å². The number of hydrogen-bond donors (Lipinski definition) is 0. The van der Waals surface area contributed by atoms with E-state index < -0.39 is 47.2 Å². The van der Waals surface area contributed by atoms with E-state index in [9.17, 15) is 31.9 Å². The molecule has 36 heavy (non-hydrogen) atoms. The van der Waals surface area contributed by atoms with Gasteiger partial charge in [0, 0.05) is 19.2 Å². The van der Waals surface area contributed by atoms with Crippen molar-refractivity contribution in [2.45, 2.75) is 13.1 Å². The fourth-order valence-corrected chi connectivity index (χ4v) is 3.51. The highest BCUT2D eigenvalue weighted by molar-refractivity contribution is 5.80. The Hall–Kier alpha value is -4.49. The molecule has 0 spiro atoms. The van der Waals surface area contributed by atoms with E-state index in [-0.39, 0.29) is 37.7 Å². The van der Waals surface area contributed by atoms with Gasteiger partial charge in [0.05, 0.1) is 18.3 Å². The minimum absolute atomic E-state index is 0.0217. The Morgan fingerprint density at radius 3 is 2.47 bits per heavy atom. The Bertz CT molecular complexity index is 1620. The van der Waals surface area contributed by atoms with Gasteiger partial charge in [-0.1, -0.05) is 11.3 Å². The predicted molar refractivity (Wildman–Crippen MR) is 117 cm³/mol. The summed E-state index contributed by atoms with van der Waals surface area (Å²) in [5.41, 5.74) is -3.68. The summed E-state index contributed by atoms with van der Waals surface area (Å²) < 4.78 is 66.3. The van der Waals surface area contributed by atoms with Crippen molar-refractivity contribution in [1.82, 2.24) is 24.1 Å². The van der Waals surface area contributed by atoms with Crippen LogP contribution < -0.4 is 16.0 Å². The Morgan fingerprint density at radius 1 is 1.08 bits per heavy atom. The Labute approximate surface area is 198 Å². The second-order valence-electron chi connectivity index (χ2n) is 7.67. The second kappa shape index (κ2) is 8.94. The monoisotopic (exact) mass is 507 g/mol. The Balaban J connectivity index is 1.93. The van der Waals surface area contributed by atoms with Crippen LogP contribution in [0.4, 0.5) is 17.6 Å². The highest BCUT2D eigenvalue weighted by atomic mass is 19.4. The van der Waals surface area contributed by atoms with E-state index in [2.05, 4.69) is 15.0 Å². The Morgan fingerprint density at radius 2 is 1.81 bits per heavy atom. The van der Waals surface area contributed by atoms with Crippen molar-refractivity contribution in [2.75, 3.05) is 13.7 Å². The molecule has 10 nitrogen and oxygen atoms in total. The van der Waals surface area contributed by atoms with Crippen molar-refractivity contribution < 1.29 is 31.8 Å². The average molecular weight is 507 g/mol. The van der Waals surface area contributed by atoms with Crippen LogP contribution in [0.1, 0.15) is 11.3 Å². The molecule has 4 aromatic rings. The molecule has 0 fully saturated rings. The number of methoxy groups -OCH3 is 1. The van der Waals surface area contributed by atoms with Crippen LogP contribution in [0.15, 0.2) is 46.0 Å². The van der Waals surface area contributed by atoms with E-state index in [1.54, 1.807) is 25.1 Å². The smallest absolute Gasteiger partial charge is 0.431 e. The molecule has 188 valence electrons. The van der Waals surface area contributed by atoms with E-state index in [4.69, 9.17) is 4.74 Å². The van der Waals surface area contributed by atoms with Gasteiger partial charge in [0.25, 0.3) is 5.56 Å². The minimum Gasteiger partial charge on any atom is -0.480 e. The zero-order valence-electron chi connectivity index (χ0n) is 19.0. The zero-order chi connectivity index (χ0) is 26.4. The van der Waals surface area contributed by atoms with Gasteiger partial charge >= 0.3 is 17.8 Å². The first kappa shape index (κ1) is 24.6. The summed E-state index contributed by atoms with van der Waals surface area (Å²) >= 11 is 0. The molecule has 0 saturated heterocycles. The first-order valence-corrected chi connectivity index (χ1v) is 10.2. The largest absolute Gasteiger partial charge is 0.480 e. The number of rotatable bonds is 5. The third-order valence-electron chi connectivity index (χ3n) is 5.28. The molecular formula is C22H17F4N5O5. The van der Waals surface area contributed by atoms with Crippen LogP contribution in [0.3, 0.4) is 0 Å². The second-order valence-corrected chi connectivity index (χ2v) is 7.67. The lowest BCUT2D eigenvalue weighted by molar-refractivity contribution is -0.144. The number of aryl methyl sites for hydroxylation is 1. The number of halogens is 4.